The Hall–Kier alpha value is -1.38. The quantitative estimate of drug-likeness (QED) is 0.510. The van der Waals surface area contributed by atoms with Gasteiger partial charge in [0.1, 0.15) is 0 Å². The number of sulfonamides is 1. The summed E-state index contributed by atoms with van der Waals surface area (Å²) in [5, 5.41) is 2.96. The molecule has 7 nitrogen and oxygen atoms in total. The molecule has 0 fully saturated rings. The van der Waals surface area contributed by atoms with Gasteiger partial charge in [-0.2, -0.15) is 0 Å². The first-order valence-electron chi connectivity index (χ1n) is 7.55. The highest BCUT2D eigenvalue weighted by molar-refractivity contribution is 7.93. The Labute approximate surface area is 138 Å². The number of carbonyl (C=O) groups is 1. The average molecular weight is 346 g/mol. The van der Waals surface area contributed by atoms with Crippen molar-refractivity contribution in [2.45, 2.75) is 46.6 Å². The summed E-state index contributed by atoms with van der Waals surface area (Å²) in [6, 6.07) is 0. The molecule has 132 valence electrons. The van der Waals surface area contributed by atoms with E-state index in [4.69, 9.17) is 9.47 Å². The molecule has 1 heterocycles. The first kappa shape index (κ1) is 19.7. The van der Waals surface area contributed by atoms with E-state index in [0.29, 0.717) is 30.0 Å². The van der Waals surface area contributed by atoms with Gasteiger partial charge in [-0.1, -0.05) is 0 Å². The largest absolute Gasteiger partial charge is 0.460 e. The number of allylic oxidation sites excluding steroid dienone is 3. The molecule has 0 saturated carbocycles. The Balaban J connectivity index is 2.87. The maximum atomic E-state index is 12.4. The lowest BCUT2D eigenvalue weighted by molar-refractivity contribution is -0.142. The standard InChI is InChI=1S/C15H26N2O5S/c1-10(2)22-15(18)13-9-14(12(4)17-11(13)3)23(19,20)16-7-6-8-21-5/h10,16-17H,6-9H2,1-5H3. The second kappa shape index (κ2) is 8.47. The van der Waals surface area contributed by atoms with Crippen molar-refractivity contribution in [1.82, 2.24) is 10.0 Å². The van der Waals surface area contributed by atoms with Crippen LogP contribution in [0.4, 0.5) is 0 Å². The van der Waals surface area contributed by atoms with Gasteiger partial charge >= 0.3 is 5.97 Å². The number of dihydropyridines is 1. The first-order valence-corrected chi connectivity index (χ1v) is 9.03. The molecular formula is C15H26N2O5S. The maximum absolute atomic E-state index is 12.4. The SMILES string of the molecule is COCCCNS(=O)(=O)C1=C(C)NC(C)=C(C(=O)OC(C)C)C1. The molecule has 1 aliphatic heterocycles. The summed E-state index contributed by atoms with van der Waals surface area (Å²) in [5.74, 6) is -0.496. The predicted octanol–water partition coefficient (Wildman–Crippen LogP) is 1.39. The molecular weight excluding hydrogens is 320 g/mol. The van der Waals surface area contributed by atoms with Crippen molar-refractivity contribution in [1.29, 1.82) is 0 Å². The monoisotopic (exact) mass is 346 g/mol. The first-order chi connectivity index (χ1) is 10.7. The van der Waals surface area contributed by atoms with Gasteiger partial charge in [0.2, 0.25) is 10.0 Å². The van der Waals surface area contributed by atoms with E-state index in [2.05, 4.69) is 10.0 Å². The van der Waals surface area contributed by atoms with Crippen LogP contribution in [0.3, 0.4) is 0 Å². The van der Waals surface area contributed by atoms with Gasteiger partial charge < -0.3 is 14.8 Å². The molecule has 0 unspecified atom stereocenters. The molecule has 0 aromatic heterocycles. The van der Waals surface area contributed by atoms with Gasteiger partial charge in [0.25, 0.3) is 0 Å². The summed E-state index contributed by atoms with van der Waals surface area (Å²) in [4.78, 5) is 12.3. The van der Waals surface area contributed by atoms with Crippen molar-refractivity contribution < 1.29 is 22.7 Å². The number of hydrogen-bond acceptors (Lipinski definition) is 6. The van der Waals surface area contributed by atoms with Crippen molar-refractivity contribution in [3.05, 3.63) is 21.9 Å². The number of carbonyl (C=O) groups excluding carboxylic acids is 1. The summed E-state index contributed by atoms with van der Waals surface area (Å²) in [5.41, 5.74) is 1.47. The van der Waals surface area contributed by atoms with Gasteiger partial charge in [-0.25, -0.2) is 17.9 Å². The number of hydrogen-bond donors (Lipinski definition) is 2. The number of nitrogens with one attached hydrogen (secondary N) is 2. The van der Waals surface area contributed by atoms with E-state index in [1.807, 2.05) is 0 Å². The van der Waals surface area contributed by atoms with Crippen molar-refractivity contribution in [2.75, 3.05) is 20.3 Å². The van der Waals surface area contributed by atoms with E-state index in [9.17, 15) is 13.2 Å². The molecule has 0 spiro atoms. The molecule has 0 atom stereocenters. The van der Waals surface area contributed by atoms with Crippen LogP contribution in [-0.4, -0.2) is 40.8 Å². The van der Waals surface area contributed by atoms with Crippen molar-refractivity contribution in [3.8, 4) is 0 Å². The van der Waals surface area contributed by atoms with Crippen molar-refractivity contribution >= 4 is 16.0 Å². The highest BCUT2D eigenvalue weighted by Crippen LogP contribution is 2.27. The summed E-state index contributed by atoms with van der Waals surface area (Å²) in [7, 11) is -2.10. The molecule has 8 heteroatoms. The van der Waals surface area contributed by atoms with Crippen LogP contribution in [-0.2, 0) is 24.3 Å². The van der Waals surface area contributed by atoms with E-state index >= 15 is 0 Å². The highest BCUT2D eigenvalue weighted by Gasteiger charge is 2.29. The van der Waals surface area contributed by atoms with Gasteiger partial charge in [-0.15, -0.1) is 0 Å². The van der Waals surface area contributed by atoms with Crippen LogP contribution < -0.4 is 10.0 Å². The van der Waals surface area contributed by atoms with Crippen molar-refractivity contribution in [3.63, 3.8) is 0 Å². The minimum Gasteiger partial charge on any atom is -0.460 e. The van der Waals surface area contributed by atoms with Crippen LogP contribution >= 0.6 is 0 Å². The second-order valence-corrected chi connectivity index (χ2v) is 7.44. The summed E-state index contributed by atoms with van der Waals surface area (Å²) < 4.78 is 37.5. The Kier molecular flexibility index (Phi) is 7.24. The van der Waals surface area contributed by atoms with Gasteiger partial charge in [-0.3, -0.25) is 0 Å². The average Bonchev–Trinajstić information content (AvgIpc) is 2.42. The lowest BCUT2D eigenvalue weighted by Crippen LogP contribution is -2.33. The molecule has 0 saturated heterocycles. The molecule has 0 radical (unpaired) electrons. The van der Waals surface area contributed by atoms with Gasteiger partial charge in [0.15, 0.2) is 0 Å². The fourth-order valence-corrected chi connectivity index (χ4v) is 3.55. The smallest absolute Gasteiger partial charge is 0.336 e. The molecule has 1 rings (SSSR count). The number of rotatable bonds is 8. The summed E-state index contributed by atoms with van der Waals surface area (Å²) in [6.07, 6.45) is 0.338. The van der Waals surface area contributed by atoms with Crippen molar-refractivity contribution in [2.24, 2.45) is 0 Å². The molecule has 0 amide bonds. The third-order valence-corrected chi connectivity index (χ3v) is 5.00. The molecule has 2 N–H and O–H groups in total. The zero-order valence-electron chi connectivity index (χ0n) is 14.4. The van der Waals surface area contributed by atoms with E-state index in [1.165, 1.54) is 0 Å². The molecule has 0 aromatic carbocycles. The van der Waals surface area contributed by atoms with E-state index in [-0.39, 0.29) is 24.0 Å². The Morgan fingerprint density at radius 1 is 1.30 bits per heavy atom. The van der Waals surface area contributed by atoms with Gasteiger partial charge in [0, 0.05) is 38.1 Å². The summed E-state index contributed by atoms with van der Waals surface area (Å²) >= 11 is 0. The molecule has 0 aromatic rings. The lowest BCUT2D eigenvalue weighted by atomic mass is 10.1. The second-order valence-electron chi connectivity index (χ2n) is 5.65. The minimum atomic E-state index is -3.66. The van der Waals surface area contributed by atoms with Crippen LogP contribution in [0.15, 0.2) is 21.9 Å². The summed E-state index contributed by atoms with van der Waals surface area (Å²) in [6.45, 7) is 7.67. The highest BCUT2D eigenvalue weighted by atomic mass is 32.2. The topological polar surface area (TPSA) is 93.7 Å². The number of ether oxygens (including phenoxy) is 2. The lowest BCUT2D eigenvalue weighted by Gasteiger charge is -2.24. The van der Waals surface area contributed by atoms with Crippen LogP contribution in [0.25, 0.3) is 0 Å². The van der Waals surface area contributed by atoms with Crippen LogP contribution in [0.5, 0.6) is 0 Å². The maximum Gasteiger partial charge on any atom is 0.336 e. The Morgan fingerprint density at radius 3 is 2.52 bits per heavy atom. The number of esters is 1. The Bertz CT molecular complexity index is 605. The molecule has 0 aliphatic carbocycles. The van der Waals surface area contributed by atoms with E-state index in [0.717, 1.165) is 0 Å². The minimum absolute atomic E-state index is 0.0236. The molecule has 23 heavy (non-hydrogen) atoms. The fraction of sp³-hybridized carbons (Fsp3) is 0.667. The van der Waals surface area contributed by atoms with E-state index < -0.39 is 16.0 Å². The van der Waals surface area contributed by atoms with Crippen LogP contribution in [0.2, 0.25) is 0 Å². The third-order valence-electron chi connectivity index (χ3n) is 3.31. The Morgan fingerprint density at radius 2 is 1.96 bits per heavy atom. The zero-order chi connectivity index (χ0) is 17.6. The van der Waals surface area contributed by atoms with Crippen LogP contribution in [0, 0.1) is 0 Å². The molecule has 1 aliphatic rings. The van der Waals surface area contributed by atoms with Crippen LogP contribution in [0.1, 0.15) is 40.5 Å². The zero-order valence-corrected chi connectivity index (χ0v) is 15.2. The van der Waals surface area contributed by atoms with Gasteiger partial charge in [-0.05, 0) is 34.1 Å². The molecule has 0 bridgehead atoms. The number of methoxy groups -OCH3 is 1. The predicted molar refractivity (Wildman–Crippen MR) is 87.8 cm³/mol. The fourth-order valence-electron chi connectivity index (χ4n) is 2.17. The third kappa shape index (κ3) is 5.63. The normalized spacial score (nSPS) is 15.9. The van der Waals surface area contributed by atoms with E-state index in [1.54, 1.807) is 34.8 Å². The van der Waals surface area contributed by atoms with Gasteiger partial charge in [0.05, 0.1) is 16.6 Å².